The Bertz CT molecular complexity index is 1190. The summed E-state index contributed by atoms with van der Waals surface area (Å²) in [7, 11) is 1.15. The van der Waals surface area contributed by atoms with Crippen LogP contribution in [0.25, 0.3) is 0 Å². The van der Waals surface area contributed by atoms with Gasteiger partial charge in [-0.3, -0.25) is 9.59 Å². The van der Waals surface area contributed by atoms with Gasteiger partial charge in [0.15, 0.2) is 11.1 Å². The molecule has 0 bridgehead atoms. The number of amides is 2. The lowest BCUT2D eigenvalue weighted by Gasteiger charge is -2.54. The zero-order valence-corrected chi connectivity index (χ0v) is 26.2. The van der Waals surface area contributed by atoms with Gasteiger partial charge >= 0.3 is 11.9 Å². The van der Waals surface area contributed by atoms with Gasteiger partial charge in [0.2, 0.25) is 17.4 Å². The molecule has 0 saturated carbocycles. The first kappa shape index (κ1) is 34.4. The first-order valence-corrected chi connectivity index (χ1v) is 15.9. The summed E-state index contributed by atoms with van der Waals surface area (Å²) in [4.78, 5) is 49.2. The number of allylic oxidation sites excluding steroid dienone is 2. The molecule has 246 valence electrons. The Kier molecular flexibility index (Phi) is 10.2. The van der Waals surface area contributed by atoms with Crippen LogP contribution in [0.2, 0.25) is 0 Å². The number of rotatable bonds is 9. The number of hydrogen-bond donors (Lipinski definition) is 6. The molecule has 0 aromatic carbocycles. The van der Waals surface area contributed by atoms with Crippen molar-refractivity contribution in [1.29, 1.82) is 0 Å². The minimum Gasteiger partial charge on any atom is -0.467 e. The molecule has 0 aromatic heterocycles. The van der Waals surface area contributed by atoms with E-state index in [0.29, 0.717) is 18.7 Å². The van der Waals surface area contributed by atoms with Crippen LogP contribution in [0.1, 0.15) is 65.2 Å². The molecule has 44 heavy (non-hydrogen) atoms. The Morgan fingerprint density at radius 1 is 1.00 bits per heavy atom. The molecule has 6 N–H and O–H groups in total. The van der Waals surface area contributed by atoms with Crippen molar-refractivity contribution < 1.29 is 49.1 Å². The first-order valence-electron chi connectivity index (χ1n) is 15.3. The molecule has 3 saturated heterocycles. The fraction of sp³-hybridized carbons (Fsp3) is 0.742. The summed E-state index contributed by atoms with van der Waals surface area (Å²) in [6.07, 6.45) is 11.0. The molecular weight excluding hydrogens is 596 g/mol. The number of nitrogens with one attached hydrogen (secondary N) is 2. The Balaban J connectivity index is 0.000000201. The van der Waals surface area contributed by atoms with Crippen molar-refractivity contribution in [3.8, 4) is 0 Å². The standard InChI is InChI=1S/C16H25NO6.C15H20ClNO4/c1-15(22)11(8-9-18)13(20)17-16(15,14(21)23-2)12(19)10-6-4-3-5-7-10;1-14-10(7-8-16)12(19)17-15(14,13(20)21-14)11(18)9-5-3-2-4-6-9/h4,6,10-12,18-19,22H,3,5,7-9H2,1-2H3,(H,17,20);3,5,9-11,18H,2,4,6-8H2,1H3,(H,17,19)/t10-,11+,12+,15+,16+;9-,10+,11+,14+,15-/m11/s1. The Hall–Kier alpha value is -2.51. The maximum atomic E-state index is 12.5. The number of fused-ring (bicyclic) bond motifs is 1. The fourth-order valence-electron chi connectivity index (χ4n) is 7.80. The van der Waals surface area contributed by atoms with Gasteiger partial charge in [-0.1, -0.05) is 24.3 Å². The van der Waals surface area contributed by atoms with Crippen molar-refractivity contribution in [3.63, 3.8) is 0 Å². The van der Waals surface area contributed by atoms with Crippen molar-refractivity contribution in [2.45, 2.75) is 99.7 Å². The second kappa shape index (κ2) is 13.1. The molecule has 0 unspecified atom stereocenters. The zero-order chi connectivity index (χ0) is 32.5. The number of esters is 2. The van der Waals surface area contributed by atoms with E-state index in [-0.39, 0.29) is 30.8 Å². The van der Waals surface area contributed by atoms with Gasteiger partial charge in [0.1, 0.15) is 5.60 Å². The van der Waals surface area contributed by atoms with Gasteiger partial charge in [-0.15, -0.1) is 11.6 Å². The van der Waals surface area contributed by atoms with E-state index in [4.69, 9.17) is 26.2 Å². The lowest BCUT2D eigenvalue weighted by molar-refractivity contribution is -0.238. The van der Waals surface area contributed by atoms with E-state index < -0.39 is 64.2 Å². The molecule has 0 spiro atoms. The van der Waals surface area contributed by atoms with E-state index in [9.17, 15) is 34.5 Å². The van der Waals surface area contributed by atoms with Gasteiger partial charge in [-0.05, 0) is 65.2 Å². The van der Waals surface area contributed by atoms with Gasteiger partial charge < -0.3 is 40.5 Å². The highest BCUT2D eigenvalue weighted by molar-refractivity contribution is 6.18. The van der Waals surface area contributed by atoms with E-state index in [0.717, 1.165) is 39.2 Å². The maximum absolute atomic E-state index is 12.5. The van der Waals surface area contributed by atoms with Crippen LogP contribution in [-0.2, 0) is 28.7 Å². The van der Waals surface area contributed by atoms with Crippen molar-refractivity contribution in [3.05, 3.63) is 24.3 Å². The van der Waals surface area contributed by atoms with Gasteiger partial charge in [0.25, 0.3) is 0 Å². The van der Waals surface area contributed by atoms with Crippen LogP contribution in [0.3, 0.4) is 0 Å². The van der Waals surface area contributed by atoms with E-state index in [1.807, 2.05) is 18.2 Å². The second-order valence-corrected chi connectivity index (χ2v) is 13.1. The van der Waals surface area contributed by atoms with Crippen molar-refractivity contribution in [1.82, 2.24) is 10.6 Å². The molecule has 5 aliphatic rings. The molecule has 0 radical (unpaired) electrons. The van der Waals surface area contributed by atoms with Crippen LogP contribution in [0.5, 0.6) is 0 Å². The summed E-state index contributed by atoms with van der Waals surface area (Å²) in [6.45, 7) is 2.74. The number of aliphatic hydroxyl groups excluding tert-OH is 3. The molecule has 10 atom stereocenters. The smallest absolute Gasteiger partial charge is 0.339 e. The average Bonchev–Trinajstić information content (AvgIpc) is 3.33. The number of carbonyl (C=O) groups is 4. The number of hydrogen-bond acceptors (Lipinski definition) is 10. The van der Waals surface area contributed by atoms with Crippen LogP contribution < -0.4 is 10.6 Å². The van der Waals surface area contributed by atoms with Crippen LogP contribution >= 0.6 is 11.6 Å². The maximum Gasteiger partial charge on any atom is 0.339 e. The van der Waals surface area contributed by atoms with Crippen molar-refractivity contribution >= 4 is 35.4 Å². The minimum atomic E-state index is -1.95. The molecule has 5 rings (SSSR count). The lowest BCUT2D eigenvalue weighted by Crippen LogP contribution is -2.80. The van der Waals surface area contributed by atoms with Crippen LogP contribution in [-0.4, -0.2) is 98.3 Å². The molecule has 12 nitrogen and oxygen atoms in total. The third-order valence-corrected chi connectivity index (χ3v) is 10.6. The highest BCUT2D eigenvalue weighted by atomic mass is 35.5. The molecule has 3 fully saturated rings. The number of aliphatic hydroxyl groups is 4. The molecule has 13 heteroatoms. The van der Waals surface area contributed by atoms with E-state index in [2.05, 4.69) is 10.6 Å². The van der Waals surface area contributed by atoms with Gasteiger partial charge in [0, 0.05) is 24.3 Å². The van der Waals surface area contributed by atoms with E-state index >= 15 is 0 Å². The zero-order valence-electron chi connectivity index (χ0n) is 25.5. The third-order valence-electron chi connectivity index (χ3n) is 10.4. The number of methoxy groups -OCH3 is 1. The summed E-state index contributed by atoms with van der Waals surface area (Å²) in [5.41, 5.74) is -6.18. The van der Waals surface area contributed by atoms with Gasteiger partial charge in [-0.2, -0.15) is 0 Å². The number of carbonyl (C=O) groups excluding carboxylic acids is 4. The average molecular weight is 641 g/mol. The van der Waals surface area contributed by atoms with E-state index in [1.165, 1.54) is 6.92 Å². The highest BCUT2D eigenvalue weighted by Gasteiger charge is 2.79. The number of alkyl halides is 1. The number of ether oxygens (including phenoxy) is 2. The van der Waals surface area contributed by atoms with Crippen LogP contribution in [0.15, 0.2) is 24.3 Å². The van der Waals surface area contributed by atoms with Gasteiger partial charge in [0.05, 0.1) is 31.2 Å². The summed E-state index contributed by atoms with van der Waals surface area (Å²) in [6, 6.07) is 0. The topological polar surface area (TPSA) is 192 Å². The largest absolute Gasteiger partial charge is 0.467 e. The third kappa shape index (κ3) is 5.16. The molecule has 2 aliphatic carbocycles. The van der Waals surface area contributed by atoms with Gasteiger partial charge in [-0.25, -0.2) is 9.59 Å². The first-order chi connectivity index (χ1) is 20.8. The summed E-state index contributed by atoms with van der Waals surface area (Å²) < 4.78 is 10.1. The minimum absolute atomic E-state index is 0.00912. The summed E-state index contributed by atoms with van der Waals surface area (Å²) in [5, 5.41) is 47.0. The van der Waals surface area contributed by atoms with Crippen molar-refractivity contribution in [2.75, 3.05) is 19.6 Å². The SMILES string of the molecule is COC(=O)[C@]1([C@@H](O)[C@@H]2C=CCCC2)NC(=O)[C@H](CCO)[C@]1(C)O.C[C@@]12OC(=O)[C@@]1([C@@H](O)[C@@H]1C=CCCC1)NC(=O)[C@@H]2CCCl. The predicted octanol–water partition coefficient (Wildman–Crippen LogP) is 0.628. The highest BCUT2D eigenvalue weighted by Crippen LogP contribution is 2.53. The Morgan fingerprint density at radius 3 is 2.05 bits per heavy atom. The summed E-state index contributed by atoms with van der Waals surface area (Å²) >= 11 is 5.76. The summed E-state index contributed by atoms with van der Waals surface area (Å²) in [5.74, 6) is -3.98. The predicted molar refractivity (Wildman–Crippen MR) is 158 cm³/mol. The molecule has 2 amide bonds. The quantitative estimate of drug-likeness (QED) is 0.118. The molecule has 3 heterocycles. The Morgan fingerprint density at radius 2 is 1.57 bits per heavy atom. The lowest BCUT2D eigenvalue weighted by atomic mass is 9.64. The van der Waals surface area contributed by atoms with Crippen LogP contribution in [0.4, 0.5) is 0 Å². The monoisotopic (exact) mass is 640 g/mol. The fourth-order valence-corrected chi connectivity index (χ4v) is 8.02. The Labute approximate surface area is 262 Å². The normalized spacial score (nSPS) is 40.4. The molecule has 0 aromatic rings. The molecular formula is C31H45ClN2O10. The van der Waals surface area contributed by atoms with E-state index in [1.54, 1.807) is 13.0 Å². The molecule has 3 aliphatic heterocycles. The second-order valence-electron chi connectivity index (χ2n) is 12.8. The van der Waals surface area contributed by atoms with Crippen LogP contribution in [0, 0.1) is 23.7 Å². The van der Waals surface area contributed by atoms with Crippen molar-refractivity contribution in [2.24, 2.45) is 23.7 Å². The number of halogens is 1.